The van der Waals surface area contributed by atoms with E-state index in [2.05, 4.69) is 0 Å². The van der Waals surface area contributed by atoms with Crippen LogP contribution < -0.4 is 0 Å². The van der Waals surface area contributed by atoms with E-state index in [1.54, 1.807) is 0 Å². The quantitative estimate of drug-likeness (QED) is 0.490. The second-order valence-corrected chi connectivity index (χ2v) is 0. The van der Waals surface area contributed by atoms with Crippen LogP contribution in [0.3, 0.4) is 0 Å². The average Bonchev–Trinajstić information content (AvgIpc) is 0. The van der Waals surface area contributed by atoms with Crippen molar-refractivity contribution in [1.82, 2.24) is 0 Å². The van der Waals surface area contributed by atoms with Gasteiger partial charge < -0.3 is 0 Å². The molecule has 0 heterocycles. The molecule has 0 aromatic heterocycles. The Morgan fingerprint density at radius 2 is 0.750 bits per heavy atom. The van der Waals surface area contributed by atoms with E-state index in [1.807, 2.05) is 0 Å². The monoisotopic (exact) mass is 300 g/mol. The van der Waals surface area contributed by atoms with Gasteiger partial charge in [-0.1, -0.05) is 0 Å². The van der Waals surface area contributed by atoms with Gasteiger partial charge in [-0.2, -0.15) is 0 Å². The normalized spacial score (nSPS) is 0. The Bertz CT molecular complexity index is 6.00. The fraction of sp³-hybridized carbons (Fsp3) is 0. The van der Waals surface area contributed by atoms with Crippen LogP contribution >= 0.6 is 12.4 Å². The van der Waals surface area contributed by atoms with Crippen LogP contribution in [0.5, 0.6) is 0 Å². The summed E-state index contributed by atoms with van der Waals surface area (Å²) in [5.74, 6) is 0. The van der Waals surface area contributed by atoms with Gasteiger partial charge in [0.1, 0.15) is 0 Å². The van der Waals surface area contributed by atoms with Crippen LogP contribution in [-0.4, -0.2) is 47.8 Å². The molecule has 0 fully saturated rings. The predicted molar refractivity (Wildman–Crippen MR) is 26.8 cm³/mol. The summed E-state index contributed by atoms with van der Waals surface area (Å²) in [6, 6.07) is 0. The minimum atomic E-state index is 0. The summed E-state index contributed by atoms with van der Waals surface area (Å²) < 4.78 is 0. The van der Waals surface area contributed by atoms with Crippen molar-refractivity contribution in [2.24, 2.45) is 0 Å². The maximum atomic E-state index is 0. The Kier molecular flexibility index (Phi) is 217. The van der Waals surface area contributed by atoms with Gasteiger partial charge in [-0.3, -0.25) is 4.70 Å². The molecule has 0 aliphatic rings. The first-order valence-electron chi connectivity index (χ1n) is 0. The SMILES string of the molecule is Cl.F.[SnH2].[SnH2]. The van der Waals surface area contributed by atoms with E-state index >= 15 is 0 Å². The Labute approximate surface area is 64.4 Å². The van der Waals surface area contributed by atoms with E-state index in [0.717, 1.165) is 0 Å². The van der Waals surface area contributed by atoms with Crippen molar-refractivity contribution in [2.75, 3.05) is 0 Å². The number of hydrogen-bond donors (Lipinski definition) is 0. The van der Waals surface area contributed by atoms with E-state index in [9.17, 15) is 0 Å². The Morgan fingerprint density at radius 3 is 0.750 bits per heavy atom. The minimum absolute atomic E-state index is 0. The Balaban J connectivity index is 0. The predicted octanol–water partition coefficient (Wildman–Crippen LogP) is -1.26. The molecule has 0 aromatic rings. The third kappa shape index (κ3) is 9.17. The third-order valence-corrected chi connectivity index (χ3v) is 0. The molecule has 0 aliphatic heterocycles. The summed E-state index contributed by atoms with van der Waals surface area (Å²) in [5.41, 5.74) is 0. The van der Waals surface area contributed by atoms with Crippen LogP contribution in [-0.2, 0) is 0 Å². The summed E-state index contributed by atoms with van der Waals surface area (Å²) in [7, 11) is 0. The summed E-state index contributed by atoms with van der Waals surface area (Å²) in [6.07, 6.45) is 0. The van der Waals surface area contributed by atoms with Gasteiger partial charge in [0.2, 0.25) is 0 Å². The first kappa shape index (κ1) is 40.9. The van der Waals surface area contributed by atoms with Gasteiger partial charge in [0.15, 0.2) is 0 Å². The Morgan fingerprint density at radius 1 is 0.750 bits per heavy atom. The van der Waals surface area contributed by atoms with E-state index in [1.165, 1.54) is 0 Å². The number of rotatable bonds is 0. The summed E-state index contributed by atoms with van der Waals surface area (Å²) >= 11 is 0. The Hall–Kier alpha value is 1.82. The molecule has 28 valence electrons. The molecular weight excluding hydrogens is 292 g/mol. The second kappa shape index (κ2) is 21.3. The first-order valence-corrected chi connectivity index (χ1v) is 0. The topological polar surface area (TPSA) is 0 Å². The molecule has 0 amide bonds. The summed E-state index contributed by atoms with van der Waals surface area (Å²) in [6.45, 7) is 0. The molecule has 4 heavy (non-hydrogen) atoms. The molecule has 0 nitrogen and oxygen atoms in total. The molecule has 0 saturated carbocycles. The van der Waals surface area contributed by atoms with Gasteiger partial charge in [0.05, 0.1) is 0 Å². The van der Waals surface area contributed by atoms with Crippen molar-refractivity contribution >= 4 is 60.2 Å². The molecule has 4 radical (unpaired) electrons. The standard InChI is InChI=1S/ClH.FH.2Sn.4H/h2*1H;;;;;;. The molecule has 4 heteroatoms. The van der Waals surface area contributed by atoms with Crippen LogP contribution in [0.2, 0.25) is 0 Å². The van der Waals surface area contributed by atoms with E-state index in [-0.39, 0.29) is 64.9 Å². The van der Waals surface area contributed by atoms with E-state index in [4.69, 9.17) is 0 Å². The van der Waals surface area contributed by atoms with Crippen molar-refractivity contribution in [3.8, 4) is 0 Å². The van der Waals surface area contributed by atoms with Crippen LogP contribution in [0.15, 0.2) is 0 Å². The van der Waals surface area contributed by atoms with Crippen LogP contribution in [0.4, 0.5) is 4.70 Å². The fourth-order valence-corrected chi connectivity index (χ4v) is 0. The molecule has 0 spiro atoms. The molecule has 0 unspecified atom stereocenters. The van der Waals surface area contributed by atoms with Gasteiger partial charge in [-0.15, -0.1) is 12.4 Å². The number of hydrogen-bond acceptors (Lipinski definition) is 0. The van der Waals surface area contributed by atoms with Crippen molar-refractivity contribution in [3.05, 3.63) is 0 Å². The molecule has 0 atom stereocenters. The second-order valence-electron chi connectivity index (χ2n) is 0. The molecule has 0 N–H and O–H groups in total. The van der Waals surface area contributed by atoms with E-state index < -0.39 is 0 Å². The van der Waals surface area contributed by atoms with Crippen LogP contribution in [0, 0.1) is 0 Å². The number of halogens is 2. The van der Waals surface area contributed by atoms with Gasteiger partial charge in [-0.05, 0) is 0 Å². The van der Waals surface area contributed by atoms with E-state index in [0.29, 0.717) is 0 Å². The average molecular weight is 298 g/mol. The van der Waals surface area contributed by atoms with Crippen molar-refractivity contribution in [2.45, 2.75) is 0 Å². The van der Waals surface area contributed by atoms with Gasteiger partial charge >= 0.3 is 47.8 Å². The maximum absolute atomic E-state index is 0. The van der Waals surface area contributed by atoms with Gasteiger partial charge in [0.25, 0.3) is 0 Å². The molecule has 0 bridgehead atoms. The first-order chi connectivity index (χ1) is 0. The van der Waals surface area contributed by atoms with Crippen LogP contribution in [0.25, 0.3) is 0 Å². The third-order valence-electron chi connectivity index (χ3n) is 0. The van der Waals surface area contributed by atoms with Crippen LogP contribution in [0.1, 0.15) is 0 Å². The molecule has 0 aliphatic carbocycles. The zero-order chi connectivity index (χ0) is 0. The van der Waals surface area contributed by atoms with Crippen molar-refractivity contribution < 1.29 is 4.70 Å². The molecule has 0 rings (SSSR count). The fourth-order valence-electron chi connectivity index (χ4n) is 0. The van der Waals surface area contributed by atoms with Gasteiger partial charge in [0, 0.05) is 0 Å². The molecule has 0 saturated heterocycles. The van der Waals surface area contributed by atoms with Gasteiger partial charge in [-0.25, -0.2) is 0 Å². The molecule has 0 aromatic carbocycles. The van der Waals surface area contributed by atoms with Crippen molar-refractivity contribution in [3.63, 3.8) is 0 Å². The summed E-state index contributed by atoms with van der Waals surface area (Å²) in [4.78, 5) is 0. The molecular formula is H6ClFSn2. The zero-order valence-electron chi connectivity index (χ0n) is 2.23. The summed E-state index contributed by atoms with van der Waals surface area (Å²) in [5, 5.41) is 0. The van der Waals surface area contributed by atoms with Crippen molar-refractivity contribution in [1.29, 1.82) is 0 Å². The zero-order valence-corrected chi connectivity index (χ0v) is 11.1.